The predicted molar refractivity (Wildman–Crippen MR) is 79.3 cm³/mol. The van der Waals surface area contributed by atoms with Crippen LogP contribution in [0.3, 0.4) is 0 Å². The number of amides is 1. The Hall–Kier alpha value is -0.500. The van der Waals surface area contributed by atoms with E-state index in [4.69, 9.17) is 0 Å². The molecule has 1 aliphatic rings. The molecule has 1 amide bonds. The molecular formula is C11H17Cl2F2N3OS. The van der Waals surface area contributed by atoms with Gasteiger partial charge in [0.2, 0.25) is 5.91 Å². The average Bonchev–Trinajstić information content (AvgIpc) is 2.84. The average molecular weight is 348 g/mol. The molecule has 0 bridgehead atoms. The first-order valence-corrected chi connectivity index (χ1v) is 6.53. The third kappa shape index (κ3) is 4.80. The molecule has 2 unspecified atom stereocenters. The molecule has 0 saturated carbocycles. The molecule has 20 heavy (non-hydrogen) atoms. The maximum atomic E-state index is 13.0. The van der Waals surface area contributed by atoms with Crippen LogP contribution in [0.5, 0.6) is 0 Å². The maximum absolute atomic E-state index is 13.0. The Bertz CT molecular complexity index is 459. The Labute approximate surface area is 132 Å². The lowest BCUT2D eigenvalue weighted by molar-refractivity contribution is -0.124. The summed E-state index contributed by atoms with van der Waals surface area (Å²) in [5, 5.41) is 6.01. The second-order valence-electron chi connectivity index (χ2n) is 4.53. The van der Waals surface area contributed by atoms with Gasteiger partial charge in [-0.1, -0.05) is 0 Å². The molecule has 116 valence electrons. The normalized spacial score (nSPS) is 21.5. The van der Waals surface area contributed by atoms with Crippen LogP contribution in [0.25, 0.3) is 0 Å². The van der Waals surface area contributed by atoms with Crippen molar-refractivity contribution in [3.63, 3.8) is 0 Å². The minimum Gasteiger partial charge on any atom is -0.346 e. The quantitative estimate of drug-likeness (QED) is 0.882. The van der Waals surface area contributed by atoms with E-state index in [1.165, 1.54) is 11.3 Å². The molecule has 2 N–H and O–H groups in total. The lowest BCUT2D eigenvalue weighted by Crippen LogP contribution is -2.41. The van der Waals surface area contributed by atoms with Gasteiger partial charge in [0, 0.05) is 17.5 Å². The van der Waals surface area contributed by atoms with E-state index in [0.717, 1.165) is 9.88 Å². The van der Waals surface area contributed by atoms with Gasteiger partial charge in [-0.05, 0) is 13.8 Å². The molecule has 0 radical (unpaired) electrons. The van der Waals surface area contributed by atoms with Crippen LogP contribution in [-0.4, -0.2) is 29.4 Å². The van der Waals surface area contributed by atoms with Gasteiger partial charge < -0.3 is 5.32 Å². The molecule has 0 spiro atoms. The molecule has 1 aromatic heterocycles. The first kappa shape index (κ1) is 19.5. The fourth-order valence-corrected chi connectivity index (χ4v) is 2.63. The zero-order chi connectivity index (χ0) is 13.3. The SMILES string of the molecule is Cc1cnc(C(C)NC(=O)C2CC(F)(F)CN2)s1.Cl.Cl. The number of carbonyl (C=O) groups excluding carboxylic acids is 1. The monoisotopic (exact) mass is 347 g/mol. The lowest BCUT2D eigenvalue weighted by Gasteiger charge is -2.15. The summed E-state index contributed by atoms with van der Waals surface area (Å²) in [6.07, 6.45) is 1.28. The zero-order valence-electron chi connectivity index (χ0n) is 11.0. The molecule has 2 atom stereocenters. The summed E-state index contributed by atoms with van der Waals surface area (Å²) in [4.78, 5) is 17.0. The van der Waals surface area contributed by atoms with Crippen LogP contribution in [0.4, 0.5) is 8.78 Å². The van der Waals surface area contributed by atoms with Crippen molar-refractivity contribution in [1.82, 2.24) is 15.6 Å². The van der Waals surface area contributed by atoms with Crippen molar-refractivity contribution in [3.8, 4) is 0 Å². The number of hydrogen-bond acceptors (Lipinski definition) is 4. The predicted octanol–water partition coefficient (Wildman–Crippen LogP) is 2.47. The van der Waals surface area contributed by atoms with Gasteiger partial charge in [-0.25, -0.2) is 13.8 Å². The van der Waals surface area contributed by atoms with Crippen molar-refractivity contribution in [2.45, 2.75) is 38.3 Å². The number of halogens is 4. The molecule has 2 heterocycles. The van der Waals surface area contributed by atoms with Crippen molar-refractivity contribution in [3.05, 3.63) is 16.1 Å². The van der Waals surface area contributed by atoms with Crippen LogP contribution in [0, 0.1) is 6.92 Å². The smallest absolute Gasteiger partial charge is 0.262 e. The Morgan fingerprint density at radius 1 is 1.60 bits per heavy atom. The summed E-state index contributed by atoms with van der Waals surface area (Å²) in [7, 11) is 0. The Kier molecular flexibility index (Phi) is 7.30. The van der Waals surface area contributed by atoms with Crippen molar-refractivity contribution in [2.24, 2.45) is 0 Å². The Morgan fingerprint density at radius 3 is 2.70 bits per heavy atom. The van der Waals surface area contributed by atoms with Crippen LogP contribution in [0.15, 0.2) is 6.20 Å². The summed E-state index contributed by atoms with van der Waals surface area (Å²) in [5.41, 5.74) is 0. The third-order valence-electron chi connectivity index (χ3n) is 2.79. The number of carbonyl (C=O) groups is 1. The second kappa shape index (κ2) is 7.49. The highest BCUT2D eigenvalue weighted by Gasteiger charge is 2.42. The summed E-state index contributed by atoms with van der Waals surface area (Å²) in [5.74, 6) is -3.18. The van der Waals surface area contributed by atoms with Crippen LogP contribution in [-0.2, 0) is 4.79 Å². The largest absolute Gasteiger partial charge is 0.346 e. The van der Waals surface area contributed by atoms with Crippen LogP contribution in [0.2, 0.25) is 0 Å². The molecule has 2 rings (SSSR count). The number of aromatic nitrogens is 1. The topological polar surface area (TPSA) is 54.0 Å². The van der Waals surface area contributed by atoms with Crippen molar-refractivity contribution < 1.29 is 13.6 Å². The molecule has 9 heteroatoms. The summed E-state index contributed by atoms with van der Waals surface area (Å²) >= 11 is 1.49. The van der Waals surface area contributed by atoms with Gasteiger partial charge in [-0.3, -0.25) is 10.1 Å². The fourth-order valence-electron chi connectivity index (χ4n) is 1.85. The van der Waals surface area contributed by atoms with Gasteiger partial charge in [0.15, 0.2) is 0 Å². The van der Waals surface area contributed by atoms with Gasteiger partial charge in [-0.15, -0.1) is 36.2 Å². The molecule has 1 aliphatic heterocycles. The van der Waals surface area contributed by atoms with Crippen LogP contribution >= 0.6 is 36.2 Å². The van der Waals surface area contributed by atoms with Crippen LogP contribution in [0.1, 0.15) is 29.3 Å². The van der Waals surface area contributed by atoms with Gasteiger partial charge in [-0.2, -0.15) is 0 Å². The van der Waals surface area contributed by atoms with E-state index in [1.807, 2.05) is 6.92 Å². The second-order valence-corrected chi connectivity index (χ2v) is 5.80. The van der Waals surface area contributed by atoms with Crippen molar-refractivity contribution in [2.75, 3.05) is 6.54 Å². The number of rotatable bonds is 3. The number of nitrogens with one attached hydrogen (secondary N) is 2. The molecule has 0 aliphatic carbocycles. The molecule has 1 fully saturated rings. The Balaban J connectivity index is 0.00000180. The molecule has 1 saturated heterocycles. The standard InChI is InChI=1S/C11H15F2N3OS.2ClH/c1-6-4-14-10(18-6)7(2)16-9(17)8-3-11(12,13)5-15-8;;/h4,7-8,15H,3,5H2,1-2H3,(H,16,17);2*1H. The van der Waals surface area contributed by atoms with Crippen LogP contribution < -0.4 is 10.6 Å². The zero-order valence-corrected chi connectivity index (χ0v) is 13.4. The number of hydrogen-bond donors (Lipinski definition) is 2. The third-order valence-corrected chi connectivity index (χ3v) is 3.89. The van der Waals surface area contributed by atoms with E-state index in [0.29, 0.717) is 0 Å². The van der Waals surface area contributed by atoms with E-state index in [9.17, 15) is 13.6 Å². The van der Waals surface area contributed by atoms with E-state index >= 15 is 0 Å². The van der Waals surface area contributed by atoms with Gasteiger partial charge in [0.05, 0.1) is 18.6 Å². The van der Waals surface area contributed by atoms with Crippen molar-refractivity contribution in [1.29, 1.82) is 0 Å². The fraction of sp³-hybridized carbons (Fsp3) is 0.636. The van der Waals surface area contributed by atoms with E-state index in [1.54, 1.807) is 13.1 Å². The summed E-state index contributed by atoms with van der Waals surface area (Å²) < 4.78 is 25.9. The molecule has 1 aromatic rings. The highest BCUT2D eigenvalue weighted by Crippen LogP contribution is 2.26. The number of nitrogens with zero attached hydrogens (tertiary/aromatic N) is 1. The number of thiazole rings is 1. The van der Waals surface area contributed by atoms with Gasteiger partial charge >= 0.3 is 0 Å². The first-order valence-electron chi connectivity index (χ1n) is 5.71. The van der Waals surface area contributed by atoms with E-state index in [-0.39, 0.29) is 30.9 Å². The van der Waals surface area contributed by atoms with Gasteiger partial charge in [0.1, 0.15) is 5.01 Å². The summed E-state index contributed by atoms with van der Waals surface area (Å²) in [6.45, 7) is 3.29. The first-order chi connectivity index (χ1) is 8.37. The van der Waals surface area contributed by atoms with Crippen molar-refractivity contribution >= 4 is 42.1 Å². The minimum absolute atomic E-state index is 0. The number of alkyl halides is 2. The molecular weight excluding hydrogens is 331 g/mol. The highest BCUT2D eigenvalue weighted by atomic mass is 35.5. The maximum Gasteiger partial charge on any atom is 0.262 e. The van der Waals surface area contributed by atoms with Gasteiger partial charge in [0.25, 0.3) is 5.92 Å². The minimum atomic E-state index is -2.79. The Morgan fingerprint density at radius 2 is 2.25 bits per heavy atom. The molecule has 0 aromatic carbocycles. The summed E-state index contributed by atoms with van der Waals surface area (Å²) in [6, 6.07) is -1.07. The highest BCUT2D eigenvalue weighted by molar-refractivity contribution is 7.11. The number of aryl methyl sites for hydroxylation is 1. The lowest BCUT2D eigenvalue weighted by atomic mass is 10.1. The van der Waals surface area contributed by atoms with E-state index in [2.05, 4.69) is 15.6 Å². The molecule has 4 nitrogen and oxygen atoms in total. The van der Waals surface area contributed by atoms with E-state index < -0.39 is 30.8 Å².